The fourth-order valence-electron chi connectivity index (χ4n) is 1.91. The molecule has 2 N–H and O–H groups in total. The monoisotopic (exact) mass is 332 g/mol. The Labute approximate surface area is 134 Å². The third-order valence-electron chi connectivity index (χ3n) is 3.18. The highest BCUT2D eigenvalue weighted by Crippen LogP contribution is 2.14. The standard InChI is InChI=1S/C16H16N2O4S/c1-17-15(19)11-3-7-13(8-4-11)18-16(20)12-5-9-14(10-6-12)23(2,21)22/h3-10H,1-2H3,(H,17,19)(H,18,20). The SMILES string of the molecule is CNC(=O)c1ccc(NC(=O)c2ccc(S(C)(=O)=O)cc2)cc1. The lowest BCUT2D eigenvalue weighted by molar-refractivity contribution is 0.0962. The molecule has 0 atom stereocenters. The maximum atomic E-state index is 12.1. The summed E-state index contributed by atoms with van der Waals surface area (Å²) in [6.45, 7) is 0. The van der Waals surface area contributed by atoms with E-state index in [1.165, 1.54) is 31.3 Å². The molecule has 0 unspecified atom stereocenters. The summed E-state index contributed by atoms with van der Waals surface area (Å²) in [6.07, 6.45) is 1.11. The molecule has 0 aromatic heterocycles. The Hall–Kier alpha value is -2.67. The summed E-state index contributed by atoms with van der Waals surface area (Å²) in [4.78, 5) is 23.7. The number of benzene rings is 2. The summed E-state index contributed by atoms with van der Waals surface area (Å²) in [5.74, 6) is -0.572. The van der Waals surface area contributed by atoms with Gasteiger partial charge in [-0.05, 0) is 48.5 Å². The van der Waals surface area contributed by atoms with Gasteiger partial charge >= 0.3 is 0 Å². The van der Waals surface area contributed by atoms with Gasteiger partial charge in [0.15, 0.2) is 9.84 Å². The molecule has 2 aromatic carbocycles. The van der Waals surface area contributed by atoms with Crippen LogP contribution in [0, 0.1) is 0 Å². The molecule has 2 rings (SSSR count). The number of carbonyl (C=O) groups excluding carboxylic acids is 2. The van der Waals surface area contributed by atoms with E-state index in [4.69, 9.17) is 0 Å². The van der Waals surface area contributed by atoms with Crippen LogP contribution in [0.15, 0.2) is 53.4 Å². The second kappa shape index (κ2) is 6.62. The minimum Gasteiger partial charge on any atom is -0.355 e. The van der Waals surface area contributed by atoms with Crippen LogP contribution >= 0.6 is 0 Å². The van der Waals surface area contributed by atoms with Gasteiger partial charge in [0, 0.05) is 30.1 Å². The summed E-state index contributed by atoms with van der Waals surface area (Å²) in [5, 5.41) is 5.19. The van der Waals surface area contributed by atoms with Crippen molar-refractivity contribution in [2.75, 3.05) is 18.6 Å². The molecule has 0 spiro atoms. The Morgan fingerprint density at radius 1 is 0.826 bits per heavy atom. The predicted octanol–water partition coefficient (Wildman–Crippen LogP) is 1.70. The van der Waals surface area contributed by atoms with E-state index in [1.807, 2.05) is 0 Å². The molecule has 0 radical (unpaired) electrons. The third-order valence-corrected chi connectivity index (χ3v) is 4.31. The second-order valence-corrected chi connectivity index (χ2v) is 6.92. The van der Waals surface area contributed by atoms with E-state index in [9.17, 15) is 18.0 Å². The van der Waals surface area contributed by atoms with Gasteiger partial charge in [0.05, 0.1) is 4.90 Å². The molecule has 0 bridgehead atoms. The van der Waals surface area contributed by atoms with Gasteiger partial charge in [-0.1, -0.05) is 0 Å². The minimum atomic E-state index is -3.29. The fraction of sp³-hybridized carbons (Fsp3) is 0.125. The molecule has 2 aromatic rings. The maximum absolute atomic E-state index is 12.1. The van der Waals surface area contributed by atoms with Crippen molar-refractivity contribution in [3.8, 4) is 0 Å². The highest BCUT2D eigenvalue weighted by Gasteiger charge is 2.10. The topological polar surface area (TPSA) is 92.3 Å². The Kier molecular flexibility index (Phi) is 4.80. The van der Waals surface area contributed by atoms with Crippen molar-refractivity contribution in [2.45, 2.75) is 4.90 Å². The van der Waals surface area contributed by atoms with Crippen LogP contribution in [0.1, 0.15) is 20.7 Å². The van der Waals surface area contributed by atoms with Gasteiger partial charge in [-0.2, -0.15) is 0 Å². The number of anilines is 1. The van der Waals surface area contributed by atoms with E-state index >= 15 is 0 Å². The van der Waals surface area contributed by atoms with Crippen molar-refractivity contribution >= 4 is 27.3 Å². The minimum absolute atomic E-state index is 0.156. The predicted molar refractivity (Wildman–Crippen MR) is 87.3 cm³/mol. The van der Waals surface area contributed by atoms with Crippen LogP contribution in [0.25, 0.3) is 0 Å². The smallest absolute Gasteiger partial charge is 0.255 e. The molecular formula is C16H16N2O4S. The van der Waals surface area contributed by atoms with Crippen LogP contribution in [0.3, 0.4) is 0 Å². The van der Waals surface area contributed by atoms with Crippen LogP contribution in [0.5, 0.6) is 0 Å². The van der Waals surface area contributed by atoms with Gasteiger partial charge < -0.3 is 10.6 Å². The van der Waals surface area contributed by atoms with Crippen LogP contribution in [0.4, 0.5) is 5.69 Å². The van der Waals surface area contributed by atoms with E-state index in [1.54, 1.807) is 24.3 Å². The number of nitrogens with one attached hydrogen (secondary N) is 2. The molecule has 0 aliphatic heterocycles. The number of rotatable bonds is 4. The van der Waals surface area contributed by atoms with E-state index in [-0.39, 0.29) is 16.7 Å². The Bertz CT molecular complexity index is 825. The summed E-state index contributed by atoms with van der Waals surface area (Å²) >= 11 is 0. The molecule has 0 saturated heterocycles. The number of amides is 2. The number of sulfone groups is 1. The van der Waals surface area contributed by atoms with E-state index in [0.29, 0.717) is 16.8 Å². The number of hydrogen-bond acceptors (Lipinski definition) is 4. The van der Waals surface area contributed by atoms with Gasteiger partial charge in [0.25, 0.3) is 11.8 Å². The zero-order valence-corrected chi connectivity index (χ0v) is 13.5. The van der Waals surface area contributed by atoms with Crippen molar-refractivity contribution in [1.29, 1.82) is 0 Å². The number of hydrogen-bond donors (Lipinski definition) is 2. The van der Waals surface area contributed by atoms with Crippen LogP contribution in [-0.2, 0) is 9.84 Å². The molecule has 120 valence electrons. The van der Waals surface area contributed by atoms with Crippen molar-refractivity contribution < 1.29 is 18.0 Å². The Morgan fingerprint density at radius 2 is 1.30 bits per heavy atom. The number of carbonyl (C=O) groups is 2. The first-order chi connectivity index (χ1) is 10.8. The molecule has 7 heteroatoms. The summed E-state index contributed by atoms with van der Waals surface area (Å²) in [6, 6.07) is 12.1. The van der Waals surface area contributed by atoms with Crippen molar-refractivity contribution in [1.82, 2.24) is 5.32 Å². The molecule has 0 fully saturated rings. The van der Waals surface area contributed by atoms with E-state index in [2.05, 4.69) is 10.6 Å². The zero-order chi connectivity index (χ0) is 17.0. The molecule has 23 heavy (non-hydrogen) atoms. The molecule has 0 aliphatic carbocycles. The molecule has 0 aliphatic rings. The third kappa shape index (κ3) is 4.17. The molecular weight excluding hydrogens is 316 g/mol. The highest BCUT2D eigenvalue weighted by molar-refractivity contribution is 7.90. The highest BCUT2D eigenvalue weighted by atomic mass is 32.2. The van der Waals surface area contributed by atoms with Gasteiger partial charge in [0.2, 0.25) is 0 Å². The van der Waals surface area contributed by atoms with E-state index < -0.39 is 9.84 Å². The average molecular weight is 332 g/mol. The lowest BCUT2D eigenvalue weighted by Crippen LogP contribution is -2.17. The molecule has 0 saturated carbocycles. The second-order valence-electron chi connectivity index (χ2n) is 4.91. The van der Waals surface area contributed by atoms with Crippen molar-refractivity contribution in [3.05, 3.63) is 59.7 Å². The summed E-state index contributed by atoms with van der Waals surface area (Å²) in [7, 11) is -1.75. The first-order valence-corrected chi connectivity index (χ1v) is 8.64. The quantitative estimate of drug-likeness (QED) is 0.891. The van der Waals surface area contributed by atoms with Crippen LogP contribution < -0.4 is 10.6 Å². The lowest BCUT2D eigenvalue weighted by Gasteiger charge is -2.07. The van der Waals surface area contributed by atoms with Crippen LogP contribution in [-0.4, -0.2) is 33.5 Å². The van der Waals surface area contributed by atoms with Gasteiger partial charge in [-0.25, -0.2) is 8.42 Å². The average Bonchev–Trinajstić information content (AvgIpc) is 2.54. The zero-order valence-electron chi connectivity index (χ0n) is 12.7. The Morgan fingerprint density at radius 3 is 1.78 bits per heavy atom. The van der Waals surface area contributed by atoms with Gasteiger partial charge in [0.1, 0.15) is 0 Å². The van der Waals surface area contributed by atoms with Crippen molar-refractivity contribution in [3.63, 3.8) is 0 Å². The van der Waals surface area contributed by atoms with E-state index in [0.717, 1.165) is 6.26 Å². The first-order valence-electron chi connectivity index (χ1n) is 6.75. The molecule has 0 heterocycles. The Balaban J connectivity index is 2.11. The van der Waals surface area contributed by atoms with Gasteiger partial charge in [-0.15, -0.1) is 0 Å². The molecule has 2 amide bonds. The fourth-order valence-corrected chi connectivity index (χ4v) is 2.54. The van der Waals surface area contributed by atoms with Crippen molar-refractivity contribution in [2.24, 2.45) is 0 Å². The molecule has 6 nitrogen and oxygen atoms in total. The normalized spacial score (nSPS) is 10.9. The van der Waals surface area contributed by atoms with Crippen LogP contribution in [0.2, 0.25) is 0 Å². The van der Waals surface area contributed by atoms with Gasteiger partial charge in [-0.3, -0.25) is 9.59 Å². The summed E-state index contributed by atoms with van der Waals surface area (Å²) in [5.41, 5.74) is 1.37. The first kappa shape index (κ1) is 16.7. The maximum Gasteiger partial charge on any atom is 0.255 e. The lowest BCUT2D eigenvalue weighted by atomic mass is 10.1. The largest absolute Gasteiger partial charge is 0.355 e. The summed E-state index contributed by atoms with van der Waals surface area (Å²) < 4.78 is 22.8.